The van der Waals surface area contributed by atoms with Crippen LogP contribution in [0, 0.1) is 0 Å². The maximum atomic E-state index is 4.36. The van der Waals surface area contributed by atoms with E-state index in [-0.39, 0.29) is 5.41 Å². The van der Waals surface area contributed by atoms with Gasteiger partial charge in [-0.15, -0.1) is 0 Å². The van der Waals surface area contributed by atoms with Gasteiger partial charge in [-0.2, -0.15) is 0 Å². The summed E-state index contributed by atoms with van der Waals surface area (Å²) in [5.74, 6) is 0. The van der Waals surface area contributed by atoms with E-state index in [4.69, 9.17) is 0 Å². The molecule has 0 aliphatic heterocycles. The van der Waals surface area contributed by atoms with Crippen LogP contribution in [0.4, 0.5) is 0 Å². The van der Waals surface area contributed by atoms with Crippen LogP contribution in [0.2, 0.25) is 0 Å². The highest BCUT2D eigenvalue weighted by Crippen LogP contribution is 2.22. The summed E-state index contributed by atoms with van der Waals surface area (Å²) in [5, 5.41) is 0. The predicted octanol–water partition coefficient (Wildman–Crippen LogP) is 4.14. The average molecular weight is 230 g/mol. The molecule has 1 aromatic rings. The Morgan fingerprint density at radius 1 is 1.29 bits per heavy atom. The van der Waals surface area contributed by atoms with Crippen LogP contribution in [-0.2, 0) is 5.41 Å². The molecule has 0 aliphatic rings. The molecule has 0 spiro atoms. The van der Waals surface area contributed by atoms with Gasteiger partial charge >= 0.3 is 0 Å². The van der Waals surface area contributed by atoms with Crippen LogP contribution in [-0.4, -0.2) is 9.97 Å². The van der Waals surface area contributed by atoms with Gasteiger partial charge in [-0.1, -0.05) is 45.9 Å². The maximum absolute atomic E-state index is 4.36. The Bertz CT molecular complexity index is 423. The molecule has 2 nitrogen and oxygen atoms in total. The molecule has 0 amide bonds. The van der Waals surface area contributed by atoms with Crippen LogP contribution in [0.3, 0.4) is 0 Å². The van der Waals surface area contributed by atoms with Crippen molar-refractivity contribution in [2.45, 2.75) is 46.5 Å². The Morgan fingerprint density at radius 2 is 2.00 bits per heavy atom. The smallest absolute Gasteiger partial charge is 0.116 e. The van der Waals surface area contributed by atoms with E-state index in [1.165, 1.54) is 5.57 Å². The monoisotopic (exact) mass is 230 g/mol. The van der Waals surface area contributed by atoms with Crippen LogP contribution in [0.5, 0.6) is 0 Å². The lowest BCUT2D eigenvalue weighted by Gasteiger charge is -2.17. The molecule has 0 radical (unpaired) electrons. The molecule has 17 heavy (non-hydrogen) atoms. The fourth-order valence-electron chi connectivity index (χ4n) is 1.58. The highest BCUT2D eigenvalue weighted by molar-refractivity contribution is 5.71. The molecule has 0 aromatic carbocycles. The first-order chi connectivity index (χ1) is 7.99. The number of aromatic nitrogens is 2. The maximum Gasteiger partial charge on any atom is 0.116 e. The lowest BCUT2D eigenvalue weighted by molar-refractivity contribution is 0.566. The SMILES string of the molecule is C/C=C\C(=C/CC)c1cc(C(C)(C)C)ncn1. The minimum atomic E-state index is 0.0605. The molecule has 92 valence electrons. The van der Waals surface area contributed by atoms with E-state index in [0.717, 1.165) is 17.8 Å². The van der Waals surface area contributed by atoms with E-state index in [1.54, 1.807) is 6.33 Å². The molecular weight excluding hydrogens is 208 g/mol. The molecule has 0 aliphatic carbocycles. The Balaban J connectivity index is 3.18. The third kappa shape index (κ3) is 3.81. The normalized spacial score (nSPS) is 13.4. The van der Waals surface area contributed by atoms with E-state index in [0.29, 0.717) is 0 Å². The van der Waals surface area contributed by atoms with E-state index >= 15 is 0 Å². The van der Waals surface area contributed by atoms with Crippen LogP contribution >= 0.6 is 0 Å². The second kappa shape index (κ2) is 5.76. The van der Waals surface area contributed by atoms with Crippen LogP contribution in [0.15, 0.2) is 30.6 Å². The van der Waals surface area contributed by atoms with Crippen LogP contribution in [0.25, 0.3) is 5.57 Å². The van der Waals surface area contributed by atoms with Crippen molar-refractivity contribution in [3.8, 4) is 0 Å². The molecule has 0 saturated carbocycles. The third-order valence-electron chi connectivity index (χ3n) is 2.50. The molecular formula is C15H22N2. The fraction of sp³-hybridized carbons (Fsp3) is 0.467. The molecule has 1 heterocycles. The Morgan fingerprint density at radius 3 is 2.53 bits per heavy atom. The molecule has 1 rings (SSSR count). The third-order valence-corrected chi connectivity index (χ3v) is 2.50. The number of hydrogen-bond acceptors (Lipinski definition) is 2. The van der Waals surface area contributed by atoms with E-state index < -0.39 is 0 Å². The first-order valence-electron chi connectivity index (χ1n) is 6.14. The summed E-state index contributed by atoms with van der Waals surface area (Å²) in [4.78, 5) is 8.71. The second-order valence-corrected chi connectivity index (χ2v) is 5.11. The molecule has 0 N–H and O–H groups in total. The Hall–Kier alpha value is -1.44. The van der Waals surface area contributed by atoms with Crippen LogP contribution in [0.1, 0.15) is 52.4 Å². The van der Waals surface area contributed by atoms with Crippen molar-refractivity contribution in [1.29, 1.82) is 0 Å². The van der Waals surface area contributed by atoms with Crippen molar-refractivity contribution < 1.29 is 0 Å². The molecule has 0 bridgehead atoms. The van der Waals surface area contributed by atoms with Gasteiger partial charge in [0.15, 0.2) is 0 Å². The minimum Gasteiger partial charge on any atom is -0.241 e. The number of nitrogens with zero attached hydrogens (tertiary/aromatic N) is 2. The largest absolute Gasteiger partial charge is 0.241 e. The molecule has 2 heteroatoms. The zero-order chi connectivity index (χ0) is 12.9. The van der Waals surface area contributed by atoms with Gasteiger partial charge in [0.05, 0.1) is 5.69 Å². The predicted molar refractivity (Wildman–Crippen MR) is 73.8 cm³/mol. The van der Waals surface area contributed by atoms with Gasteiger partial charge in [0.1, 0.15) is 6.33 Å². The van der Waals surface area contributed by atoms with Gasteiger partial charge < -0.3 is 0 Å². The number of allylic oxidation sites excluding steroid dienone is 4. The van der Waals surface area contributed by atoms with Gasteiger partial charge in [-0.3, -0.25) is 0 Å². The fourth-order valence-corrected chi connectivity index (χ4v) is 1.58. The number of hydrogen-bond donors (Lipinski definition) is 0. The van der Waals surface area contributed by atoms with Crippen molar-refractivity contribution in [3.05, 3.63) is 42.0 Å². The summed E-state index contributed by atoms with van der Waals surface area (Å²) in [7, 11) is 0. The topological polar surface area (TPSA) is 25.8 Å². The average Bonchev–Trinajstić information content (AvgIpc) is 2.28. The molecule has 1 aromatic heterocycles. The van der Waals surface area contributed by atoms with Crippen molar-refractivity contribution in [2.75, 3.05) is 0 Å². The van der Waals surface area contributed by atoms with E-state index in [1.807, 2.05) is 13.0 Å². The standard InChI is InChI=1S/C15H22N2/c1-6-8-12(9-7-2)13-10-14(15(3,4)5)17-11-16-13/h6,8-11H,7H2,1-5H3/b8-6-,12-9+. The summed E-state index contributed by atoms with van der Waals surface area (Å²) in [6.07, 6.45) is 8.99. The molecule has 0 saturated heterocycles. The zero-order valence-electron chi connectivity index (χ0n) is 11.5. The quantitative estimate of drug-likeness (QED) is 0.729. The lowest BCUT2D eigenvalue weighted by Crippen LogP contribution is -2.14. The lowest BCUT2D eigenvalue weighted by atomic mass is 9.91. The summed E-state index contributed by atoms with van der Waals surface area (Å²) in [5.41, 5.74) is 3.31. The molecule has 0 fully saturated rings. The number of rotatable bonds is 3. The van der Waals surface area contributed by atoms with Crippen molar-refractivity contribution in [1.82, 2.24) is 9.97 Å². The van der Waals surface area contributed by atoms with Crippen molar-refractivity contribution >= 4 is 5.57 Å². The van der Waals surface area contributed by atoms with E-state index in [9.17, 15) is 0 Å². The second-order valence-electron chi connectivity index (χ2n) is 5.11. The Labute approximate surface area is 105 Å². The van der Waals surface area contributed by atoms with Gasteiger partial charge in [0.25, 0.3) is 0 Å². The van der Waals surface area contributed by atoms with Crippen molar-refractivity contribution in [3.63, 3.8) is 0 Å². The highest BCUT2D eigenvalue weighted by Gasteiger charge is 2.16. The summed E-state index contributed by atoms with van der Waals surface area (Å²) < 4.78 is 0. The van der Waals surface area contributed by atoms with Crippen LogP contribution < -0.4 is 0 Å². The highest BCUT2D eigenvalue weighted by atomic mass is 14.8. The summed E-state index contributed by atoms with van der Waals surface area (Å²) >= 11 is 0. The van der Waals surface area contributed by atoms with Gasteiger partial charge in [0, 0.05) is 11.1 Å². The summed E-state index contributed by atoms with van der Waals surface area (Å²) in [6.45, 7) is 10.7. The first kappa shape index (κ1) is 13.6. The Kier molecular flexibility index (Phi) is 4.62. The minimum absolute atomic E-state index is 0.0605. The first-order valence-corrected chi connectivity index (χ1v) is 6.14. The summed E-state index contributed by atoms with van der Waals surface area (Å²) in [6, 6.07) is 2.08. The molecule has 0 unspecified atom stereocenters. The van der Waals surface area contributed by atoms with Gasteiger partial charge in [0.2, 0.25) is 0 Å². The van der Waals surface area contributed by atoms with Gasteiger partial charge in [-0.05, 0) is 25.0 Å². The zero-order valence-corrected chi connectivity index (χ0v) is 11.5. The molecule has 0 atom stereocenters. The van der Waals surface area contributed by atoms with Gasteiger partial charge in [-0.25, -0.2) is 9.97 Å². The van der Waals surface area contributed by atoms with Crippen molar-refractivity contribution in [2.24, 2.45) is 0 Å². The van der Waals surface area contributed by atoms with E-state index in [2.05, 4.69) is 55.9 Å².